The lowest BCUT2D eigenvalue weighted by molar-refractivity contribution is 0.146. The molecule has 0 amide bonds. The summed E-state index contributed by atoms with van der Waals surface area (Å²) in [6.45, 7) is 3.17. The number of piperidine rings is 1. The Morgan fingerprint density at radius 3 is 2.77 bits per heavy atom. The van der Waals surface area contributed by atoms with Crippen molar-refractivity contribution in [2.75, 3.05) is 12.3 Å². The fraction of sp³-hybridized carbons (Fsp3) is 0.606. The number of H-pyrrole nitrogens is 1. The minimum atomic E-state index is -0.263. The third-order valence-electron chi connectivity index (χ3n) is 9.96. The van der Waals surface area contributed by atoms with Crippen molar-refractivity contribution in [3.8, 4) is 5.69 Å². The van der Waals surface area contributed by atoms with Crippen molar-refractivity contribution in [1.29, 1.82) is 5.41 Å². The number of aromatic nitrogens is 3. The minimum Gasteiger partial charge on any atom is -0.379 e. The maximum atomic E-state index is 13.2. The Morgan fingerprint density at radius 2 is 1.98 bits per heavy atom. The second kappa shape index (κ2) is 13.5. The third-order valence-corrected chi connectivity index (χ3v) is 10.7. The molecule has 9 nitrogen and oxygen atoms in total. The van der Waals surface area contributed by atoms with Crippen LogP contribution in [-0.2, 0) is 0 Å². The molecule has 43 heavy (non-hydrogen) atoms. The summed E-state index contributed by atoms with van der Waals surface area (Å²) in [5.41, 5.74) is 15.3. The zero-order valence-electron chi connectivity index (χ0n) is 25.4. The summed E-state index contributed by atoms with van der Waals surface area (Å²) in [7, 11) is 0. The van der Waals surface area contributed by atoms with Crippen molar-refractivity contribution in [1.82, 2.24) is 24.8 Å². The highest BCUT2D eigenvalue weighted by Gasteiger charge is 2.42. The number of thioether (sulfide) groups is 1. The average molecular weight is 605 g/mol. The van der Waals surface area contributed by atoms with Crippen LogP contribution in [0.3, 0.4) is 0 Å². The van der Waals surface area contributed by atoms with Crippen molar-refractivity contribution < 1.29 is 0 Å². The number of hydrogen-bond donors (Lipinski definition) is 5. The van der Waals surface area contributed by atoms with Gasteiger partial charge in [-0.2, -0.15) is 4.98 Å². The predicted octanol–water partition coefficient (Wildman–Crippen LogP) is 5.35. The number of rotatable bonds is 10. The van der Waals surface area contributed by atoms with E-state index in [4.69, 9.17) is 16.9 Å². The Kier molecular flexibility index (Phi) is 9.57. The molecule has 1 aliphatic carbocycles. The van der Waals surface area contributed by atoms with E-state index in [1.807, 2.05) is 18.3 Å². The molecule has 7 N–H and O–H groups in total. The predicted molar refractivity (Wildman–Crippen MR) is 177 cm³/mol. The molecule has 1 unspecified atom stereocenters. The van der Waals surface area contributed by atoms with Gasteiger partial charge in [-0.1, -0.05) is 43.2 Å². The second-order valence-electron chi connectivity index (χ2n) is 13.1. The first-order valence-electron chi connectivity index (χ1n) is 16.3. The van der Waals surface area contributed by atoms with Gasteiger partial charge in [-0.25, -0.2) is 4.79 Å². The van der Waals surface area contributed by atoms with Crippen LogP contribution in [0.4, 0.5) is 0 Å². The van der Waals surface area contributed by atoms with Crippen LogP contribution in [0.1, 0.15) is 101 Å². The molecular weight excluding hydrogens is 556 g/mol. The van der Waals surface area contributed by atoms with Crippen LogP contribution in [0.15, 0.2) is 41.3 Å². The monoisotopic (exact) mass is 604 g/mol. The van der Waals surface area contributed by atoms with E-state index in [0.717, 1.165) is 61.4 Å². The lowest BCUT2D eigenvalue weighted by Crippen LogP contribution is -2.37. The highest BCUT2D eigenvalue weighted by atomic mass is 32.2. The highest BCUT2D eigenvalue weighted by Crippen LogP contribution is 2.46. The standard InChI is InChI=1S/C33H48N8OS/c1-21(34)6-5-16-40-29-10-3-2-7-23(29)19-30(40)28-18-24-20-41(33(42)39-31(24)38-28)26-13-11-22(12-14-26)27-9-4-8-25(37-27)15-17-43-32(35)36/h11-14,18,20-21,23,25,27,29-30,37H,2-10,15-17,19,34H2,1H3,(H3,35,36)(H,38,39,42)/t21-,23+,25-,27-,29-,30?/m0/s1. The molecule has 2 saturated heterocycles. The van der Waals surface area contributed by atoms with Gasteiger partial charge < -0.3 is 21.8 Å². The zero-order chi connectivity index (χ0) is 29.9. The number of nitrogens with one attached hydrogen (secondary N) is 3. The molecule has 232 valence electrons. The van der Waals surface area contributed by atoms with Gasteiger partial charge in [-0.05, 0) is 94.5 Å². The minimum absolute atomic E-state index is 0.188. The number of nitrogens with two attached hydrogens (primary N) is 2. The number of amidine groups is 1. The first-order chi connectivity index (χ1) is 20.9. The van der Waals surface area contributed by atoms with Crippen LogP contribution in [0, 0.1) is 11.3 Å². The molecule has 0 radical (unpaired) electrons. The summed E-state index contributed by atoms with van der Waals surface area (Å²) in [5.74, 6) is 1.62. The van der Waals surface area contributed by atoms with Crippen LogP contribution >= 0.6 is 11.8 Å². The molecule has 6 rings (SSSR count). The first-order valence-corrected chi connectivity index (χ1v) is 17.3. The molecule has 2 aromatic heterocycles. The molecule has 3 fully saturated rings. The maximum absolute atomic E-state index is 13.2. The van der Waals surface area contributed by atoms with E-state index in [1.54, 1.807) is 4.57 Å². The number of aromatic amines is 1. The number of fused-ring (bicyclic) bond motifs is 2. The quantitative estimate of drug-likeness (QED) is 0.155. The third kappa shape index (κ3) is 7.03. The van der Waals surface area contributed by atoms with E-state index in [0.29, 0.717) is 29.8 Å². The van der Waals surface area contributed by atoms with Crippen molar-refractivity contribution in [2.45, 2.75) is 108 Å². The fourth-order valence-electron chi connectivity index (χ4n) is 7.84. The summed E-state index contributed by atoms with van der Waals surface area (Å²) in [4.78, 5) is 24.0. The molecule has 1 saturated carbocycles. The van der Waals surface area contributed by atoms with E-state index in [2.05, 4.69) is 45.3 Å². The topological polar surface area (TPSA) is 142 Å². The molecule has 1 aromatic carbocycles. The van der Waals surface area contributed by atoms with Gasteiger partial charge in [0.1, 0.15) is 5.65 Å². The molecule has 3 aromatic rings. The van der Waals surface area contributed by atoms with Gasteiger partial charge in [0.25, 0.3) is 0 Å². The Bertz CT molecular complexity index is 1450. The van der Waals surface area contributed by atoms with Gasteiger partial charge in [-0.3, -0.25) is 14.9 Å². The molecule has 0 bridgehead atoms. The number of nitrogens with zero attached hydrogens (tertiary/aromatic N) is 3. The van der Waals surface area contributed by atoms with Crippen LogP contribution in [-0.4, -0.2) is 55.0 Å². The van der Waals surface area contributed by atoms with Crippen molar-refractivity contribution in [3.05, 3.63) is 58.3 Å². The molecule has 10 heteroatoms. The summed E-state index contributed by atoms with van der Waals surface area (Å²) < 4.78 is 1.68. The van der Waals surface area contributed by atoms with E-state index < -0.39 is 0 Å². The van der Waals surface area contributed by atoms with Gasteiger partial charge in [0.2, 0.25) is 0 Å². The van der Waals surface area contributed by atoms with E-state index in [-0.39, 0.29) is 16.9 Å². The van der Waals surface area contributed by atoms with Gasteiger partial charge in [-0.15, -0.1) is 0 Å². The van der Waals surface area contributed by atoms with E-state index in [9.17, 15) is 4.79 Å². The largest absolute Gasteiger partial charge is 0.379 e. The van der Waals surface area contributed by atoms with Gasteiger partial charge >= 0.3 is 5.69 Å². The Balaban J connectivity index is 1.18. The molecule has 6 atom stereocenters. The number of likely N-dealkylation sites (tertiary alicyclic amines) is 1. The first kappa shape index (κ1) is 30.4. The lowest BCUT2D eigenvalue weighted by Gasteiger charge is -2.34. The normalized spacial score (nSPS) is 26.9. The number of hydrogen-bond acceptors (Lipinski definition) is 7. The Labute approximate surface area is 259 Å². The van der Waals surface area contributed by atoms with E-state index >= 15 is 0 Å². The van der Waals surface area contributed by atoms with Crippen molar-refractivity contribution >= 4 is 28.0 Å². The van der Waals surface area contributed by atoms with E-state index in [1.165, 1.54) is 61.5 Å². The summed E-state index contributed by atoms with van der Waals surface area (Å²) in [5, 5.41) is 12.4. The van der Waals surface area contributed by atoms with Gasteiger partial charge in [0, 0.05) is 47.2 Å². The fourth-order valence-corrected chi connectivity index (χ4v) is 8.47. The number of benzene rings is 1. The van der Waals surface area contributed by atoms with Crippen molar-refractivity contribution in [2.24, 2.45) is 17.4 Å². The van der Waals surface area contributed by atoms with Gasteiger partial charge in [0.15, 0.2) is 5.17 Å². The molecule has 3 aliphatic rings. The van der Waals surface area contributed by atoms with Crippen LogP contribution in [0.5, 0.6) is 0 Å². The Morgan fingerprint density at radius 1 is 1.16 bits per heavy atom. The summed E-state index contributed by atoms with van der Waals surface area (Å²) in [6.07, 6.45) is 15.0. The lowest BCUT2D eigenvalue weighted by atomic mass is 9.84. The SMILES string of the molecule is C[C@H](N)CCCN1C(c2cc3cn(-c4ccc([C@@H]5CCC[C@@H](CCSC(=N)N)N5)cc4)c(=O)nc3[nH]2)C[C@H]2CCCC[C@@H]21. The Hall–Kier alpha value is -2.66. The average Bonchev–Trinajstić information content (AvgIpc) is 3.57. The maximum Gasteiger partial charge on any atom is 0.354 e. The smallest absolute Gasteiger partial charge is 0.354 e. The zero-order valence-corrected chi connectivity index (χ0v) is 26.2. The van der Waals surface area contributed by atoms with Crippen LogP contribution < -0.4 is 22.5 Å². The van der Waals surface area contributed by atoms with Crippen LogP contribution in [0.2, 0.25) is 0 Å². The van der Waals surface area contributed by atoms with Crippen molar-refractivity contribution in [3.63, 3.8) is 0 Å². The molecular formula is C33H48N8OS. The van der Waals surface area contributed by atoms with Gasteiger partial charge in [0.05, 0.1) is 11.7 Å². The second-order valence-corrected chi connectivity index (χ2v) is 14.2. The summed E-state index contributed by atoms with van der Waals surface area (Å²) >= 11 is 1.41. The van der Waals surface area contributed by atoms with Crippen LogP contribution in [0.25, 0.3) is 16.7 Å². The highest BCUT2D eigenvalue weighted by molar-refractivity contribution is 8.13. The molecule has 0 spiro atoms. The summed E-state index contributed by atoms with van der Waals surface area (Å²) in [6, 6.07) is 12.5. The molecule has 4 heterocycles. The molecule has 2 aliphatic heterocycles.